The Balaban J connectivity index is 1.95. The standard InChI is InChI=1S/C20H16N4O4S/c21-13-16-4-6-17(7-5-16)14-23(15-18-3-1-2-12-22-18)29(27,28)20-10-8-19(9-11-20)24(25)26/h1-12H,14-15H2. The molecule has 0 fully saturated rings. The molecule has 0 bridgehead atoms. The molecular weight excluding hydrogens is 392 g/mol. The highest BCUT2D eigenvalue weighted by Crippen LogP contribution is 2.23. The van der Waals surface area contributed by atoms with Gasteiger partial charge in [-0.25, -0.2) is 8.42 Å². The van der Waals surface area contributed by atoms with Gasteiger partial charge >= 0.3 is 0 Å². The number of sulfonamides is 1. The molecule has 0 atom stereocenters. The lowest BCUT2D eigenvalue weighted by Gasteiger charge is -2.22. The van der Waals surface area contributed by atoms with Crippen LogP contribution in [0.4, 0.5) is 5.69 Å². The molecule has 0 radical (unpaired) electrons. The first-order valence-electron chi connectivity index (χ1n) is 8.54. The van der Waals surface area contributed by atoms with Gasteiger partial charge in [-0.15, -0.1) is 0 Å². The van der Waals surface area contributed by atoms with Gasteiger partial charge in [0.15, 0.2) is 0 Å². The number of nitro groups is 1. The fourth-order valence-electron chi connectivity index (χ4n) is 2.68. The zero-order chi connectivity index (χ0) is 20.9. The monoisotopic (exact) mass is 408 g/mol. The van der Waals surface area contributed by atoms with Crippen molar-refractivity contribution in [1.29, 1.82) is 5.26 Å². The molecule has 0 amide bonds. The number of hydrogen-bond donors (Lipinski definition) is 0. The summed E-state index contributed by atoms with van der Waals surface area (Å²) in [5.41, 5.74) is 1.55. The van der Waals surface area contributed by atoms with Gasteiger partial charge in [-0.3, -0.25) is 15.1 Å². The number of hydrogen-bond acceptors (Lipinski definition) is 6. The van der Waals surface area contributed by atoms with Crippen LogP contribution >= 0.6 is 0 Å². The quantitative estimate of drug-likeness (QED) is 0.437. The number of aromatic nitrogens is 1. The lowest BCUT2D eigenvalue weighted by Crippen LogP contribution is -2.30. The van der Waals surface area contributed by atoms with Crippen LogP contribution in [-0.2, 0) is 23.1 Å². The highest BCUT2D eigenvalue weighted by atomic mass is 32.2. The maximum atomic E-state index is 13.2. The summed E-state index contributed by atoms with van der Waals surface area (Å²) in [6, 6.07) is 18.6. The Hall–Kier alpha value is -3.61. The molecule has 0 aliphatic heterocycles. The topological polar surface area (TPSA) is 117 Å². The fraction of sp³-hybridized carbons (Fsp3) is 0.100. The van der Waals surface area contributed by atoms with E-state index in [-0.39, 0.29) is 23.7 Å². The van der Waals surface area contributed by atoms with Crippen molar-refractivity contribution in [2.75, 3.05) is 0 Å². The minimum absolute atomic E-state index is 0.0279. The van der Waals surface area contributed by atoms with Crippen LogP contribution in [0.5, 0.6) is 0 Å². The Labute approximate surface area is 167 Å². The molecule has 0 saturated carbocycles. The Morgan fingerprint density at radius 2 is 1.69 bits per heavy atom. The van der Waals surface area contributed by atoms with Gasteiger partial charge in [0, 0.05) is 24.9 Å². The van der Waals surface area contributed by atoms with Gasteiger partial charge in [0.2, 0.25) is 10.0 Å². The van der Waals surface area contributed by atoms with Gasteiger partial charge < -0.3 is 0 Å². The predicted molar refractivity (Wildman–Crippen MR) is 105 cm³/mol. The predicted octanol–water partition coefficient (Wildman–Crippen LogP) is 3.25. The third kappa shape index (κ3) is 4.82. The van der Waals surface area contributed by atoms with Gasteiger partial charge in [0.1, 0.15) is 0 Å². The van der Waals surface area contributed by atoms with E-state index in [9.17, 15) is 18.5 Å². The molecule has 0 spiro atoms. The van der Waals surface area contributed by atoms with Crippen LogP contribution in [0.2, 0.25) is 0 Å². The fourth-order valence-corrected chi connectivity index (χ4v) is 4.07. The Morgan fingerprint density at radius 3 is 2.24 bits per heavy atom. The van der Waals surface area contributed by atoms with Gasteiger partial charge in [-0.2, -0.15) is 9.57 Å². The highest BCUT2D eigenvalue weighted by molar-refractivity contribution is 7.89. The number of rotatable bonds is 7. The summed E-state index contributed by atoms with van der Waals surface area (Å²) in [5, 5.41) is 19.8. The SMILES string of the molecule is N#Cc1ccc(CN(Cc2ccccn2)S(=O)(=O)c2ccc([N+](=O)[O-])cc2)cc1. The highest BCUT2D eigenvalue weighted by Gasteiger charge is 2.26. The zero-order valence-electron chi connectivity index (χ0n) is 15.2. The van der Waals surface area contributed by atoms with Crippen molar-refractivity contribution < 1.29 is 13.3 Å². The van der Waals surface area contributed by atoms with Crippen molar-refractivity contribution in [3.05, 3.63) is 99.9 Å². The first-order chi connectivity index (χ1) is 13.9. The van der Waals surface area contributed by atoms with Crippen molar-refractivity contribution in [3.63, 3.8) is 0 Å². The van der Waals surface area contributed by atoms with Crippen molar-refractivity contribution in [1.82, 2.24) is 9.29 Å². The second kappa shape index (κ2) is 8.60. The number of nitriles is 1. The molecule has 3 aromatic rings. The zero-order valence-corrected chi connectivity index (χ0v) is 16.0. The van der Waals surface area contributed by atoms with Crippen LogP contribution in [0.1, 0.15) is 16.8 Å². The molecule has 1 heterocycles. The van der Waals surface area contributed by atoms with Crippen LogP contribution in [0.15, 0.2) is 77.8 Å². The Bertz CT molecular complexity index is 1140. The maximum absolute atomic E-state index is 13.2. The molecule has 0 saturated heterocycles. The summed E-state index contributed by atoms with van der Waals surface area (Å²) in [6.07, 6.45) is 1.58. The average molecular weight is 408 g/mol. The van der Waals surface area contributed by atoms with Crippen molar-refractivity contribution >= 4 is 15.7 Å². The normalized spacial score (nSPS) is 11.2. The molecule has 2 aromatic carbocycles. The summed E-state index contributed by atoms with van der Waals surface area (Å²) in [7, 11) is -3.95. The van der Waals surface area contributed by atoms with Crippen LogP contribution in [0.3, 0.4) is 0 Å². The first-order valence-corrected chi connectivity index (χ1v) is 9.98. The van der Waals surface area contributed by atoms with Crippen molar-refractivity contribution in [3.8, 4) is 6.07 Å². The van der Waals surface area contributed by atoms with Crippen LogP contribution in [0, 0.1) is 21.4 Å². The molecule has 0 unspecified atom stereocenters. The van der Waals surface area contributed by atoms with Crippen LogP contribution in [-0.4, -0.2) is 22.6 Å². The first kappa shape index (κ1) is 20.1. The van der Waals surface area contributed by atoms with E-state index in [2.05, 4.69) is 4.98 Å². The number of nitrogens with zero attached hydrogens (tertiary/aromatic N) is 4. The summed E-state index contributed by atoms with van der Waals surface area (Å²) < 4.78 is 27.7. The van der Waals surface area contributed by atoms with E-state index in [4.69, 9.17) is 5.26 Å². The van der Waals surface area contributed by atoms with Gasteiger partial charge in [0.25, 0.3) is 5.69 Å². The molecule has 146 valence electrons. The second-order valence-electron chi connectivity index (χ2n) is 6.15. The second-order valence-corrected chi connectivity index (χ2v) is 8.09. The lowest BCUT2D eigenvalue weighted by atomic mass is 10.1. The molecule has 0 N–H and O–H groups in total. The molecule has 8 nitrogen and oxygen atoms in total. The van der Waals surface area contributed by atoms with Gasteiger partial charge in [-0.1, -0.05) is 18.2 Å². The molecule has 29 heavy (non-hydrogen) atoms. The van der Waals surface area contributed by atoms with E-state index in [0.717, 1.165) is 12.1 Å². The minimum Gasteiger partial charge on any atom is -0.260 e. The van der Waals surface area contributed by atoms with E-state index < -0.39 is 14.9 Å². The van der Waals surface area contributed by atoms with E-state index in [1.165, 1.54) is 16.4 Å². The Morgan fingerprint density at radius 1 is 1.00 bits per heavy atom. The maximum Gasteiger partial charge on any atom is 0.269 e. The lowest BCUT2D eigenvalue weighted by molar-refractivity contribution is -0.384. The number of nitro benzene ring substituents is 1. The minimum atomic E-state index is -3.95. The number of pyridine rings is 1. The van der Waals surface area contributed by atoms with Crippen molar-refractivity contribution in [2.24, 2.45) is 0 Å². The van der Waals surface area contributed by atoms with Crippen LogP contribution in [0.25, 0.3) is 0 Å². The molecule has 3 rings (SSSR count). The van der Waals surface area contributed by atoms with E-state index in [1.807, 2.05) is 6.07 Å². The summed E-state index contributed by atoms with van der Waals surface area (Å²) >= 11 is 0. The molecule has 0 aliphatic rings. The summed E-state index contributed by atoms with van der Waals surface area (Å²) in [4.78, 5) is 14.4. The van der Waals surface area contributed by atoms with Gasteiger partial charge in [-0.05, 0) is 42.0 Å². The average Bonchev–Trinajstić information content (AvgIpc) is 2.74. The molecule has 0 aliphatic carbocycles. The van der Waals surface area contributed by atoms with Crippen molar-refractivity contribution in [2.45, 2.75) is 18.0 Å². The summed E-state index contributed by atoms with van der Waals surface area (Å²) in [5.74, 6) is 0. The number of benzene rings is 2. The third-order valence-corrected chi connectivity index (χ3v) is 6.00. The smallest absolute Gasteiger partial charge is 0.260 e. The third-order valence-electron chi connectivity index (χ3n) is 4.19. The van der Waals surface area contributed by atoms with E-state index in [1.54, 1.807) is 48.7 Å². The molecule has 9 heteroatoms. The molecule has 1 aromatic heterocycles. The van der Waals surface area contributed by atoms with E-state index in [0.29, 0.717) is 16.8 Å². The van der Waals surface area contributed by atoms with E-state index >= 15 is 0 Å². The number of non-ortho nitro benzene ring substituents is 1. The summed E-state index contributed by atoms with van der Waals surface area (Å²) in [6.45, 7) is 0.0851. The largest absolute Gasteiger partial charge is 0.269 e. The van der Waals surface area contributed by atoms with Gasteiger partial charge in [0.05, 0.1) is 33.7 Å². The molecular formula is C20H16N4O4S. The Kier molecular flexibility index (Phi) is 5.97. The van der Waals surface area contributed by atoms with Crippen LogP contribution < -0.4 is 0 Å².